The van der Waals surface area contributed by atoms with E-state index in [0.29, 0.717) is 19.1 Å². The highest BCUT2D eigenvalue weighted by atomic mass is 16.2. The first kappa shape index (κ1) is 20.7. The summed E-state index contributed by atoms with van der Waals surface area (Å²) in [5, 5.41) is 9.16. The molecule has 0 aromatic heterocycles. The number of rotatable bonds is 5. The van der Waals surface area contributed by atoms with Crippen LogP contribution in [-0.2, 0) is 9.59 Å². The molecule has 0 saturated carbocycles. The van der Waals surface area contributed by atoms with Gasteiger partial charge in [0.15, 0.2) is 0 Å². The predicted molar refractivity (Wildman–Crippen MR) is 100 cm³/mol. The molecule has 2 amide bonds. The number of nitrogens with zero attached hydrogens (tertiary/aromatic N) is 5. The Labute approximate surface area is 157 Å². The molecule has 0 aliphatic carbocycles. The molecule has 0 spiro atoms. The first-order valence-corrected chi connectivity index (χ1v) is 9.66. The zero-order chi connectivity index (χ0) is 19.3. The van der Waals surface area contributed by atoms with Crippen LogP contribution in [0, 0.1) is 11.3 Å². The molecule has 2 rings (SSSR count). The van der Waals surface area contributed by atoms with E-state index in [9.17, 15) is 9.59 Å². The van der Waals surface area contributed by atoms with Crippen LogP contribution < -0.4 is 0 Å². The van der Waals surface area contributed by atoms with Gasteiger partial charge in [-0.15, -0.1) is 0 Å². The highest BCUT2D eigenvalue weighted by molar-refractivity contribution is 5.79. The summed E-state index contributed by atoms with van der Waals surface area (Å²) in [5.74, 6) is 0.195. The Morgan fingerprint density at radius 1 is 1.08 bits per heavy atom. The molecule has 2 heterocycles. The second-order valence-corrected chi connectivity index (χ2v) is 8.11. The number of carbonyl (C=O) groups is 2. The maximum absolute atomic E-state index is 12.5. The zero-order valence-electron chi connectivity index (χ0n) is 16.7. The van der Waals surface area contributed by atoms with Crippen LogP contribution in [0.4, 0.5) is 0 Å². The van der Waals surface area contributed by atoms with Crippen molar-refractivity contribution in [1.82, 2.24) is 19.6 Å². The van der Waals surface area contributed by atoms with Gasteiger partial charge in [-0.25, -0.2) is 0 Å². The van der Waals surface area contributed by atoms with Crippen LogP contribution >= 0.6 is 0 Å². The summed E-state index contributed by atoms with van der Waals surface area (Å²) in [6, 6.07) is 2.51. The van der Waals surface area contributed by atoms with E-state index in [0.717, 1.165) is 45.6 Å². The lowest BCUT2D eigenvalue weighted by atomic mass is 10.0. The first-order valence-electron chi connectivity index (χ1n) is 9.66. The van der Waals surface area contributed by atoms with Gasteiger partial charge in [-0.2, -0.15) is 5.26 Å². The lowest BCUT2D eigenvalue weighted by Gasteiger charge is -2.38. The maximum Gasteiger partial charge on any atom is 0.237 e. The smallest absolute Gasteiger partial charge is 0.237 e. The fourth-order valence-electron chi connectivity index (χ4n) is 3.54. The first-order chi connectivity index (χ1) is 12.2. The molecular weight excluding hydrogens is 330 g/mol. The average Bonchev–Trinajstić information content (AvgIpc) is 2.62. The van der Waals surface area contributed by atoms with Crippen molar-refractivity contribution in [3.05, 3.63) is 0 Å². The topological polar surface area (TPSA) is 70.9 Å². The molecule has 1 atom stereocenters. The second kappa shape index (κ2) is 8.83. The number of nitriles is 1. The van der Waals surface area contributed by atoms with Crippen molar-refractivity contribution < 1.29 is 9.59 Å². The van der Waals surface area contributed by atoms with Crippen LogP contribution in [-0.4, -0.2) is 95.9 Å². The molecule has 7 heteroatoms. The van der Waals surface area contributed by atoms with E-state index in [2.05, 4.69) is 22.8 Å². The number of hydrogen-bond acceptors (Lipinski definition) is 5. The Morgan fingerprint density at radius 2 is 1.65 bits per heavy atom. The third-order valence-electron chi connectivity index (χ3n) is 5.79. The van der Waals surface area contributed by atoms with E-state index in [1.165, 1.54) is 11.3 Å². The molecule has 2 saturated heterocycles. The number of piperidine rings is 1. The van der Waals surface area contributed by atoms with Crippen molar-refractivity contribution in [2.45, 2.75) is 51.6 Å². The highest BCUT2D eigenvalue weighted by Gasteiger charge is 2.30. The molecular formula is C19H33N5O2. The van der Waals surface area contributed by atoms with E-state index < -0.39 is 5.54 Å². The fraction of sp³-hybridized carbons (Fsp3) is 0.842. The molecule has 0 aromatic carbocycles. The Bertz CT molecular complexity index is 549. The van der Waals surface area contributed by atoms with Crippen LogP contribution in [0.2, 0.25) is 0 Å². The van der Waals surface area contributed by atoms with Gasteiger partial charge in [-0.05, 0) is 40.0 Å². The highest BCUT2D eigenvalue weighted by Crippen LogP contribution is 2.17. The number of hydrogen-bond donors (Lipinski definition) is 0. The van der Waals surface area contributed by atoms with Crippen LogP contribution in [0.1, 0.15) is 40.0 Å². The number of piperazine rings is 1. The Balaban J connectivity index is 1.76. The molecule has 0 bridgehead atoms. The molecule has 26 heavy (non-hydrogen) atoms. The van der Waals surface area contributed by atoms with E-state index in [1.807, 2.05) is 4.90 Å². The van der Waals surface area contributed by atoms with Gasteiger partial charge in [0.25, 0.3) is 0 Å². The number of likely N-dealkylation sites (tertiary alicyclic amines) is 1. The quantitative estimate of drug-likeness (QED) is 0.721. The molecule has 0 aromatic rings. The van der Waals surface area contributed by atoms with Crippen molar-refractivity contribution >= 4 is 11.8 Å². The normalized spacial score (nSPS) is 22.7. The zero-order valence-corrected chi connectivity index (χ0v) is 16.7. The minimum Gasteiger partial charge on any atom is -0.339 e. The molecule has 1 unspecified atom stereocenters. The second-order valence-electron chi connectivity index (χ2n) is 8.11. The summed E-state index contributed by atoms with van der Waals surface area (Å²) in [4.78, 5) is 32.8. The van der Waals surface area contributed by atoms with Gasteiger partial charge in [0, 0.05) is 45.8 Å². The molecule has 2 aliphatic rings. The summed E-state index contributed by atoms with van der Waals surface area (Å²) in [6.45, 7) is 10.5. The van der Waals surface area contributed by atoms with Gasteiger partial charge in [0.2, 0.25) is 11.8 Å². The van der Waals surface area contributed by atoms with E-state index in [-0.39, 0.29) is 11.8 Å². The largest absolute Gasteiger partial charge is 0.339 e. The monoisotopic (exact) mass is 363 g/mol. The molecule has 146 valence electrons. The van der Waals surface area contributed by atoms with Crippen molar-refractivity contribution in [2.75, 3.05) is 52.9 Å². The Hall–Kier alpha value is -1.65. The van der Waals surface area contributed by atoms with E-state index >= 15 is 0 Å². The average molecular weight is 364 g/mol. The van der Waals surface area contributed by atoms with Crippen molar-refractivity contribution in [1.29, 1.82) is 5.26 Å². The maximum atomic E-state index is 12.5. The third-order valence-corrected chi connectivity index (χ3v) is 5.79. The van der Waals surface area contributed by atoms with Crippen molar-refractivity contribution in [3.8, 4) is 6.07 Å². The van der Waals surface area contributed by atoms with Gasteiger partial charge in [0.05, 0.1) is 19.2 Å². The summed E-state index contributed by atoms with van der Waals surface area (Å²) >= 11 is 0. The summed E-state index contributed by atoms with van der Waals surface area (Å²) in [6.07, 6.45) is 3.43. The van der Waals surface area contributed by atoms with Crippen LogP contribution in [0.5, 0.6) is 0 Å². The van der Waals surface area contributed by atoms with Crippen molar-refractivity contribution in [2.24, 2.45) is 0 Å². The van der Waals surface area contributed by atoms with Crippen LogP contribution in [0.15, 0.2) is 0 Å². The predicted octanol–water partition coefficient (Wildman–Crippen LogP) is 0.766. The number of likely N-dealkylation sites (N-methyl/N-ethyl adjacent to an activating group) is 1. The van der Waals surface area contributed by atoms with Crippen LogP contribution in [0.3, 0.4) is 0 Å². The molecule has 7 nitrogen and oxygen atoms in total. The SMILES string of the molecule is CC1CCCCN1C(=O)CN1CCN(CC(=O)N(C)C(C)(C)C#N)CC1. The Morgan fingerprint density at radius 3 is 2.19 bits per heavy atom. The van der Waals surface area contributed by atoms with E-state index in [4.69, 9.17) is 5.26 Å². The minimum absolute atomic E-state index is 0.0387. The summed E-state index contributed by atoms with van der Waals surface area (Å²) < 4.78 is 0. The van der Waals surface area contributed by atoms with Gasteiger partial charge >= 0.3 is 0 Å². The van der Waals surface area contributed by atoms with Gasteiger partial charge in [-0.3, -0.25) is 19.4 Å². The summed E-state index contributed by atoms with van der Waals surface area (Å²) in [7, 11) is 1.68. The summed E-state index contributed by atoms with van der Waals surface area (Å²) in [5.41, 5.74) is -0.795. The number of amides is 2. The van der Waals surface area contributed by atoms with Gasteiger partial charge < -0.3 is 9.80 Å². The minimum atomic E-state index is -0.795. The lowest BCUT2D eigenvalue weighted by Crippen LogP contribution is -2.54. The lowest BCUT2D eigenvalue weighted by molar-refractivity contribution is -0.138. The van der Waals surface area contributed by atoms with E-state index in [1.54, 1.807) is 20.9 Å². The standard InChI is InChI=1S/C19H33N5O2/c1-16-7-5-6-8-24(16)18(26)14-23-11-9-22(10-12-23)13-17(25)21(4)19(2,3)15-20/h16H,5-14H2,1-4H3. The van der Waals surface area contributed by atoms with Crippen molar-refractivity contribution in [3.63, 3.8) is 0 Å². The van der Waals surface area contributed by atoms with Gasteiger partial charge in [0.1, 0.15) is 5.54 Å². The molecule has 0 radical (unpaired) electrons. The fourth-order valence-corrected chi connectivity index (χ4v) is 3.54. The Kier molecular flexibility index (Phi) is 7.01. The molecule has 0 N–H and O–H groups in total. The molecule has 2 aliphatic heterocycles. The van der Waals surface area contributed by atoms with Gasteiger partial charge in [-0.1, -0.05) is 0 Å². The van der Waals surface area contributed by atoms with Crippen LogP contribution in [0.25, 0.3) is 0 Å². The molecule has 2 fully saturated rings. The third kappa shape index (κ3) is 5.18. The number of carbonyl (C=O) groups excluding carboxylic acids is 2.